The van der Waals surface area contributed by atoms with E-state index in [-0.39, 0.29) is 17.8 Å². The first-order chi connectivity index (χ1) is 18.6. The second-order valence-electron chi connectivity index (χ2n) is 11.7. The molecule has 0 radical (unpaired) electrons. The van der Waals surface area contributed by atoms with Crippen LogP contribution in [0, 0.1) is 17.3 Å². The molecule has 2 aliphatic rings. The number of pyridine rings is 1. The zero-order valence-electron chi connectivity index (χ0n) is 22.8. The van der Waals surface area contributed by atoms with Crippen LogP contribution in [0.25, 0.3) is 28.0 Å². The van der Waals surface area contributed by atoms with Gasteiger partial charge in [-0.2, -0.15) is 4.98 Å². The Bertz CT molecular complexity index is 1400. The quantitative estimate of drug-likeness (QED) is 0.301. The summed E-state index contributed by atoms with van der Waals surface area (Å²) in [5.41, 5.74) is 4.63. The van der Waals surface area contributed by atoms with Crippen LogP contribution in [0.1, 0.15) is 77.7 Å². The van der Waals surface area contributed by atoms with Gasteiger partial charge in [-0.05, 0) is 94.8 Å². The number of H-pyrrole nitrogens is 1. The SMILES string of the molecule is CC(=O)CC1CC=C(c2ccc(-c3nc4nc(OC5CCC(C(C)(C)C(=O)O)CC5)[nH]c4cc3Cl)cc2)CC1. The topological polar surface area (TPSA) is 105 Å². The fraction of sp³-hybridized carbons (Fsp3) is 0.484. The molecule has 2 aromatic heterocycles. The summed E-state index contributed by atoms with van der Waals surface area (Å²) in [6.45, 7) is 5.28. The minimum Gasteiger partial charge on any atom is -0.481 e. The third-order valence-corrected chi connectivity index (χ3v) is 8.84. The van der Waals surface area contributed by atoms with Crippen LogP contribution in [0.3, 0.4) is 0 Å². The number of hydrogen-bond acceptors (Lipinski definition) is 5. The standard InChI is InChI=1S/C31H36ClN3O4/c1-18(36)16-19-4-6-20(7-5-19)21-8-10-22(11-9-21)27-25(32)17-26-28(34-27)35-30(33-26)39-24-14-12-23(13-15-24)31(2,3)29(37)38/h6,8-11,17,19,23-24H,4-5,7,12-16H2,1-3H3,(H,37,38)(H,33,34,35). The molecule has 2 heterocycles. The maximum absolute atomic E-state index is 11.6. The predicted molar refractivity (Wildman–Crippen MR) is 153 cm³/mol. The molecule has 0 spiro atoms. The number of nitrogens with zero attached hydrogens (tertiary/aromatic N) is 2. The number of ketones is 1. The Morgan fingerprint density at radius 2 is 1.77 bits per heavy atom. The molecule has 2 N–H and O–H groups in total. The van der Waals surface area contributed by atoms with E-state index in [1.165, 1.54) is 11.1 Å². The van der Waals surface area contributed by atoms with Gasteiger partial charge in [0.2, 0.25) is 0 Å². The zero-order valence-corrected chi connectivity index (χ0v) is 23.6. The number of aromatic amines is 1. The number of carboxylic acid groups (broad SMARTS) is 1. The van der Waals surface area contributed by atoms with Crippen molar-refractivity contribution < 1.29 is 19.4 Å². The first-order valence-corrected chi connectivity index (χ1v) is 14.2. The van der Waals surface area contributed by atoms with E-state index >= 15 is 0 Å². The molecule has 8 heteroatoms. The van der Waals surface area contributed by atoms with Gasteiger partial charge in [0.1, 0.15) is 11.9 Å². The number of allylic oxidation sites excluding steroid dienone is 2. The van der Waals surface area contributed by atoms with Gasteiger partial charge in [0.25, 0.3) is 6.01 Å². The number of carboxylic acids is 1. The van der Waals surface area contributed by atoms with Crippen LogP contribution in [0.15, 0.2) is 36.4 Å². The van der Waals surface area contributed by atoms with Gasteiger partial charge in [0.05, 0.1) is 21.6 Å². The van der Waals surface area contributed by atoms with E-state index in [4.69, 9.17) is 21.3 Å². The molecule has 3 aromatic rings. The molecule has 1 saturated carbocycles. The number of nitrogens with one attached hydrogen (secondary N) is 1. The maximum atomic E-state index is 11.6. The molecule has 2 aliphatic carbocycles. The monoisotopic (exact) mass is 549 g/mol. The van der Waals surface area contributed by atoms with Gasteiger partial charge in [0.15, 0.2) is 5.65 Å². The van der Waals surface area contributed by atoms with E-state index in [0.717, 1.165) is 50.5 Å². The van der Waals surface area contributed by atoms with Crippen LogP contribution in [0.2, 0.25) is 5.02 Å². The van der Waals surface area contributed by atoms with Crippen molar-refractivity contribution in [3.63, 3.8) is 0 Å². The Labute approximate surface area is 234 Å². The van der Waals surface area contributed by atoms with Gasteiger partial charge < -0.3 is 19.6 Å². The van der Waals surface area contributed by atoms with Crippen molar-refractivity contribution in [1.82, 2.24) is 15.0 Å². The average Bonchev–Trinajstić information content (AvgIpc) is 3.29. The molecule has 0 aliphatic heterocycles. The molecule has 5 rings (SSSR count). The van der Waals surface area contributed by atoms with Crippen LogP contribution in [0.4, 0.5) is 0 Å². The van der Waals surface area contributed by atoms with Crippen LogP contribution in [0.5, 0.6) is 6.01 Å². The highest BCUT2D eigenvalue weighted by Gasteiger charge is 2.39. The highest BCUT2D eigenvalue weighted by atomic mass is 35.5. The van der Waals surface area contributed by atoms with Crippen molar-refractivity contribution in [2.75, 3.05) is 0 Å². The molecule has 0 saturated heterocycles. The summed E-state index contributed by atoms with van der Waals surface area (Å²) in [6.07, 6.45) is 9.10. The Kier molecular flexibility index (Phi) is 7.81. The number of carbonyl (C=O) groups excluding carboxylic acids is 1. The number of aliphatic carboxylic acids is 1. The summed E-state index contributed by atoms with van der Waals surface area (Å²) >= 11 is 6.63. The Hall–Kier alpha value is -3.19. The minimum absolute atomic E-state index is 0.0132. The molecule has 1 fully saturated rings. The maximum Gasteiger partial charge on any atom is 0.309 e. The van der Waals surface area contributed by atoms with Crippen molar-refractivity contribution in [3.8, 4) is 17.3 Å². The zero-order chi connectivity index (χ0) is 27.7. The van der Waals surface area contributed by atoms with Gasteiger partial charge in [-0.15, -0.1) is 0 Å². The minimum atomic E-state index is -0.747. The van der Waals surface area contributed by atoms with E-state index < -0.39 is 11.4 Å². The van der Waals surface area contributed by atoms with E-state index in [9.17, 15) is 14.7 Å². The molecule has 206 valence electrons. The van der Waals surface area contributed by atoms with E-state index in [1.54, 1.807) is 20.8 Å². The number of benzene rings is 1. The Morgan fingerprint density at radius 1 is 1.08 bits per heavy atom. The van der Waals surface area contributed by atoms with E-state index in [2.05, 4.69) is 28.2 Å². The second-order valence-corrected chi connectivity index (χ2v) is 12.1. The average molecular weight is 550 g/mol. The number of aromatic nitrogens is 3. The number of rotatable bonds is 8. The Morgan fingerprint density at radius 3 is 2.38 bits per heavy atom. The highest BCUT2D eigenvalue weighted by Crippen LogP contribution is 2.40. The molecule has 1 aromatic carbocycles. The molecule has 7 nitrogen and oxygen atoms in total. The summed E-state index contributed by atoms with van der Waals surface area (Å²) < 4.78 is 6.14. The molecule has 0 bridgehead atoms. The number of halogens is 1. The third kappa shape index (κ3) is 6.03. The predicted octanol–water partition coefficient (Wildman–Crippen LogP) is 7.49. The molecule has 39 heavy (non-hydrogen) atoms. The van der Waals surface area contributed by atoms with Gasteiger partial charge in [-0.1, -0.05) is 41.9 Å². The largest absolute Gasteiger partial charge is 0.481 e. The Balaban J connectivity index is 1.26. The lowest BCUT2D eigenvalue weighted by Crippen LogP contribution is -2.37. The van der Waals surface area contributed by atoms with Crippen molar-refractivity contribution in [3.05, 3.63) is 47.0 Å². The molecular formula is C31H36ClN3O4. The first kappa shape index (κ1) is 27.4. The highest BCUT2D eigenvalue weighted by molar-refractivity contribution is 6.33. The van der Waals surface area contributed by atoms with Gasteiger partial charge in [-0.3, -0.25) is 4.79 Å². The van der Waals surface area contributed by atoms with Crippen molar-refractivity contribution in [2.45, 2.75) is 78.2 Å². The van der Waals surface area contributed by atoms with E-state index in [0.29, 0.717) is 40.2 Å². The lowest BCUT2D eigenvalue weighted by molar-refractivity contribution is -0.151. The number of Topliss-reactive ketones (excluding diaryl/α,β-unsaturated/α-hetero) is 1. The van der Waals surface area contributed by atoms with Gasteiger partial charge in [-0.25, -0.2) is 4.98 Å². The summed E-state index contributed by atoms with van der Waals surface area (Å²) in [5, 5.41) is 10.1. The number of ether oxygens (including phenoxy) is 1. The lowest BCUT2D eigenvalue weighted by Gasteiger charge is -2.36. The number of fused-ring (bicyclic) bond motifs is 1. The third-order valence-electron chi connectivity index (χ3n) is 8.55. The van der Waals surface area contributed by atoms with Crippen LogP contribution >= 0.6 is 11.6 Å². The van der Waals surface area contributed by atoms with Gasteiger partial charge in [0, 0.05) is 12.0 Å². The molecule has 1 atom stereocenters. The first-order valence-electron chi connectivity index (χ1n) is 13.9. The normalized spacial score (nSPS) is 21.9. The molecular weight excluding hydrogens is 514 g/mol. The van der Waals surface area contributed by atoms with Crippen molar-refractivity contribution >= 4 is 40.1 Å². The van der Waals surface area contributed by atoms with Crippen LogP contribution in [-0.4, -0.2) is 37.9 Å². The fourth-order valence-corrected chi connectivity index (χ4v) is 6.23. The number of imidazole rings is 1. The van der Waals surface area contributed by atoms with Gasteiger partial charge >= 0.3 is 5.97 Å². The van der Waals surface area contributed by atoms with Crippen molar-refractivity contribution in [1.29, 1.82) is 0 Å². The summed E-state index contributed by atoms with van der Waals surface area (Å²) in [6, 6.07) is 10.5. The van der Waals surface area contributed by atoms with E-state index in [1.807, 2.05) is 18.2 Å². The summed E-state index contributed by atoms with van der Waals surface area (Å²) in [7, 11) is 0. The van der Waals surface area contributed by atoms with Crippen LogP contribution < -0.4 is 4.74 Å². The summed E-state index contributed by atoms with van der Waals surface area (Å²) in [4.78, 5) is 35.5. The summed E-state index contributed by atoms with van der Waals surface area (Å²) in [5.74, 6) is 0.116. The fourth-order valence-electron chi connectivity index (χ4n) is 5.97. The number of carbonyl (C=O) groups is 2. The lowest BCUT2D eigenvalue weighted by atomic mass is 9.70. The molecule has 0 amide bonds. The second kappa shape index (κ2) is 11.1. The van der Waals surface area contributed by atoms with Crippen LogP contribution in [-0.2, 0) is 9.59 Å². The smallest absolute Gasteiger partial charge is 0.309 e. The van der Waals surface area contributed by atoms with Crippen molar-refractivity contribution in [2.24, 2.45) is 17.3 Å². The number of hydrogen-bond donors (Lipinski definition) is 2. The molecule has 1 unspecified atom stereocenters.